The summed E-state index contributed by atoms with van der Waals surface area (Å²) >= 11 is 0. The summed E-state index contributed by atoms with van der Waals surface area (Å²) in [5.41, 5.74) is 2.75. The van der Waals surface area contributed by atoms with E-state index in [1.165, 1.54) is 30.5 Å². The predicted molar refractivity (Wildman–Crippen MR) is 85.8 cm³/mol. The van der Waals surface area contributed by atoms with Gasteiger partial charge >= 0.3 is 0 Å². The van der Waals surface area contributed by atoms with Gasteiger partial charge in [-0.05, 0) is 43.4 Å². The zero-order chi connectivity index (χ0) is 13.6. The lowest BCUT2D eigenvalue weighted by Gasteiger charge is -2.33. The number of rotatable bonds is 4. The van der Waals surface area contributed by atoms with E-state index in [1.54, 1.807) is 0 Å². The van der Waals surface area contributed by atoms with Gasteiger partial charge in [0.05, 0.1) is 0 Å². The highest BCUT2D eigenvalue weighted by molar-refractivity contribution is 5.50. The van der Waals surface area contributed by atoms with Crippen LogP contribution in [0.1, 0.15) is 24.8 Å². The topological polar surface area (TPSA) is 3.24 Å². The first-order valence-electron chi connectivity index (χ1n) is 7.47. The highest BCUT2D eigenvalue weighted by atomic mass is 15.1. The van der Waals surface area contributed by atoms with Crippen LogP contribution < -0.4 is 4.90 Å². The van der Waals surface area contributed by atoms with Gasteiger partial charge in [-0.1, -0.05) is 54.6 Å². The molecule has 0 bridgehead atoms. The van der Waals surface area contributed by atoms with E-state index in [2.05, 4.69) is 77.8 Å². The summed E-state index contributed by atoms with van der Waals surface area (Å²) in [6.07, 6.45) is 9.35. The third-order valence-corrected chi connectivity index (χ3v) is 3.99. The van der Waals surface area contributed by atoms with E-state index in [0.29, 0.717) is 6.04 Å². The Morgan fingerprint density at radius 3 is 2.35 bits per heavy atom. The molecule has 1 aliphatic rings. The molecule has 0 aliphatic carbocycles. The fourth-order valence-electron chi connectivity index (χ4n) is 2.90. The molecule has 0 spiro atoms. The fourth-order valence-corrected chi connectivity index (χ4v) is 2.90. The van der Waals surface area contributed by atoms with Crippen LogP contribution in [-0.2, 0) is 6.42 Å². The first-order chi connectivity index (χ1) is 9.93. The van der Waals surface area contributed by atoms with Crippen LogP contribution in [-0.4, -0.2) is 6.04 Å². The van der Waals surface area contributed by atoms with E-state index in [-0.39, 0.29) is 0 Å². The van der Waals surface area contributed by atoms with Crippen molar-refractivity contribution in [1.29, 1.82) is 0 Å². The second kappa shape index (κ2) is 6.42. The Morgan fingerprint density at radius 2 is 1.60 bits per heavy atom. The molecule has 1 heterocycles. The van der Waals surface area contributed by atoms with Gasteiger partial charge < -0.3 is 4.90 Å². The minimum absolute atomic E-state index is 0.614. The monoisotopic (exact) mass is 263 g/mol. The average Bonchev–Trinajstić information content (AvgIpc) is 2.55. The van der Waals surface area contributed by atoms with Crippen LogP contribution in [0.2, 0.25) is 0 Å². The van der Waals surface area contributed by atoms with Gasteiger partial charge in [-0.2, -0.15) is 0 Å². The SMILES string of the molecule is C1=CN(c2ccccc2)C(CCc2ccccc2)CC1. The summed E-state index contributed by atoms with van der Waals surface area (Å²) in [5.74, 6) is 0. The van der Waals surface area contributed by atoms with Crippen LogP contribution in [0.4, 0.5) is 5.69 Å². The lowest BCUT2D eigenvalue weighted by atomic mass is 9.98. The van der Waals surface area contributed by atoms with Crippen LogP contribution in [0.3, 0.4) is 0 Å². The van der Waals surface area contributed by atoms with Gasteiger partial charge in [0.1, 0.15) is 0 Å². The Kier molecular flexibility index (Phi) is 4.17. The molecule has 1 nitrogen and oxygen atoms in total. The van der Waals surface area contributed by atoms with Gasteiger partial charge in [0.25, 0.3) is 0 Å². The number of hydrogen-bond donors (Lipinski definition) is 0. The van der Waals surface area contributed by atoms with Gasteiger partial charge in [-0.25, -0.2) is 0 Å². The summed E-state index contributed by atoms with van der Waals surface area (Å²) in [4.78, 5) is 2.44. The zero-order valence-electron chi connectivity index (χ0n) is 11.8. The van der Waals surface area contributed by atoms with Crippen molar-refractivity contribution in [3.63, 3.8) is 0 Å². The van der Waals surface area contributed by atoms with Crippen molar-refractivity contribution in [3.05, 3.63) is 78.5 Å². The molecule has 0 saturated heterocycles. The van der Waals surface area contributed by atoms with E-state index in [9.17, 15) is 0 Å². The average molecular weight is 263 g/mol. The smallest absolute Gasteiger partial charge is 0.0408 e. The van der Waals surface area contributed by atoms with Crippen LogP contribution in [0.5, 0.6) is 0 Å². The lowest BCUT2D eigenvalue weighted by molar-refractivity contribution is 0.541. The van der Waals surface area contributed by atoms with Gasteiger partial charge in [0, 0.05) is 17.9 Å². The van der Waals surface area contributed by atoms with E-state index in [4.69, 9.17) is 0 Å². The van der Waals surface area contributed by atoms with Crippen molar-refractivity contribution < 1.29 is 0 Å². The molecule has 0 amide bonds. The van der Waals surface area contributed by atoms with Crippen molar-refractivity contribution in [2.75, 3.05) is 4.90 Å². The van der Waals surface area contributed by atoms with E-state index < -0.39 is 0 Å². The van der Waals surface area contributed by atoms with Gasteiger partial charge in [-0.3, -0.25) is 0 Å². The van der Waals surface area contributed by atoms with E-state index in [1.807, 2.05) is 0 Å². The Bertz CT molecular complexity index is 544. The summed E-state index contributed by atoms with van der Waals surface area (Å²) < 4.78 is 0. The number of allylic oxidation sites excluding steroid dienone is 1. The van der Waals surface area contributed by atoms with Gasteiger partial charge in [-0.15, -0.1) is 0 Å². The van der Waals surface area contributed by atoms with Crippen molar-refractivity contribution in [1.82, 2.24) is 0 Å². The summed E-state index contributed by atoms with van der Waals surface area (Å²) in [6, 6.07) is 22.1. The Balaban J connectivity index is 1.70. The second-order valence-electron chi connectivity index (χ2n) is 5.38. The number of aryl methyl sites for hydroxylation is 1. The highest BCUT2D eigenvalue weighted by Gasteiger charge is 2.19. The van der Waals surface area contributed by atoms with Crippen molar-refractivity contribution in [3.8, 4) is 0 Å². The molecule has 3 rings (SSSR count). The molecule has 1 heteroatoms. The molecular formula is C19H21N. The molecule has 0 saturated carbocycles. The lowest BCUT2D eigenvalue weighted by Crippen LogP contribution is -2.33. The maximum atomic E-state index is 2.44. The fraction of sp³-hybridized carbons (Fsp3) is 0.263. The molecule has 0 aromatic heterocycles. The Labute approximate surface area is 121 Å². The molecule has 0 fully saturated rings. The third kappa shape index (κ3) is 3.11. The number of benzene rings is 2. The molecule has 102 valence electrons. The summed E-state index contributed by atoms with van der Waals surface area (Å²) in [7, 11) is 0. The number of anilines is 1. The molecule has 1 unspecified atom stereocenters. The maximum absolute atomic E-state index is 2.44. The van der Waals surface area contributed by atoms with Crippen LogP contribution in [0.25, 0.3) is 0 Å². The number of nitrogens with zero attached hydrogens (tertiary/aromatic N) is 1. The van der Waals surface area contributed by atoms with Gasteiger partial charge in [0.15, 0.2) is 0 Å². The first-order valence-corrected chi connectivity index (χ1v) is 7.47. The van der Waals surface area contributed by atoms with E-state index in [0.717, 1.165) is 6.42 Å². The first kappa shape index (κ1) is 13.0. The quantitative estimate of drug-likeness (QED) is 0.765. The molecule has 2 aromatic carbocycles. The Morgan fingerprint density at radius 1 is 0.900 bits per heavy atom. The molecule has 1 atom stereocenters. The molecule has 2 aromatic rings. The number of hydrogen-bond acceptors (Lipinski definition) is 1. The molecule has 1 aliphatic heterocycles. The normalized spacial score (nSPS) is 18.2. The maximum Gasteiger partial charge on any atom is 0.0408 e. The minimum Gasteiger partial charge on any atom is -0.345 e. The van der Waals surface area contributed by atoms with Crippen LogP contribution in [0, 0.1) is 0 Å². The molecule has 20 heavy (non-hydrogen) atoms. The second-order valence-corrected chi connectivity index (χ2v) is 5.38. The largest absolute Gasteiger partial charge is 0.345 e. The summed E-state index contributed by atoms with van der Waals surface area (Å²) in [6.45, 7) is 0. The van der Waals surface area contributed by atoms with Crippen LogP contribution >= 0.6 is 0 Å². The van der Waals surface area contributed by atoms with E-state index >= 15 is 0 Å². The Hall–Kier alpha value is -2.02. The standard InChI is InChI=1S/C19H21N/c1-3-9-17(10-4-1)14-15-19-13-7-8-16-20(19)18-11-5-2-6-12-18/h1-6,8-12,16,19H,7,13-15H2. The van der Waals surface area contributed by atoms with Crippen LogP contribution in [0.15, 0.2) is 72.9 Å². The molecular weight excluding hydrogens is 242 g/mol. The predicted octanol–water partition coefficient (Wildman–Crippen LogP) is 4.80. The third-order valence-electron chi connectivity index (χ3n) is 3.99. The summed E-state index contributed by atoms with van der Waals surface area (Å²) in [5, 5.41) is 0. The van der Waals surface area contributed by atoms with Gasteiger partial charge in [0.2, 0.25) is 0 Å². The molecule has 0 N–H and O–H groups in total. The zero-order valence-corrected chi connectivity index (χ0v) is 11.8. The minimum atomic E-state index is 0.614. The molecule has 0 radical (unpaired) electrons. The van der Waals surface area contributed by atoms with Crippen molar-refractivity contribution >= 4 is 5.69 Å². The highest BCUT2D eigenvalue weighted by Crippen LogP contribution is 2.26. The van der Waals surface area contributed by atoms with Crippen molar-refractivity contribution in [2.24, 2.45) is 0 Å². The number of para-hydroxylation sites is 1. The van der Waals surface area contributed by atoms with Crippen molar-refractivity contribution in [2.45, 2.75) is 31.7 Å².